The second-order valence-electron chi connectivity index (χ2n) is 6.57. The Morgan fingerprint density at radius 3 is 2.10 bits per heavy atom. The van der Waals surface area contributed by atoms with E-state index in [-0.39, 0.29) is 12.6 Å². The summed E-state index contributed by atoms with van der Waals surface area (Å²) in [6.45, 7) is 9.66. The third kappa shape index (κ3) is 4.11. The van der Waals surface area contributed by atoms with Gasteiger partial charge in [-0.05, 0) is 31.6 Å². The van der Waals surface area contributed by atoms with Crippen molar-refractivity contribution in [2.75, 3.05) is 19.6 Å². The first-order chi connectivity index (χ1) is 9.82. The maximum atomic E-state index is 12.2. The predicted octanol–water partition coefficient (Wildman–Crippen LogP) is 3.10. The lowest BCUT2D eigenvalue weighted by Gasteiger charge is -2.41. The third-order valence-electron chi connectivity index (χ3n) is 5.54. The van der Waals surface area contributed by atoms with Crippen LogP contribution in [0.2, 0.25) is 0 Å². The molecule has 122 valence electrons. The Labute approximate surface area is 128 Å². The van der Waals surface area contributed by atoms with Crippen LogP contribution < -0.4 is 5.32 Å². The van der Waals surface area contributed by atoms with Crippen molar-refractivity contribution in [2.45, 2.75) is 59.8 Å². The van der Waals surface area contributed by atoms with Gasteiger partial charge in [-0.2, -0.15) is 0 Å². The van der Waals surface area contributed by atoms with E-state index >= 15 is 0 Å². The van der Waals surface area contributed by atoms with Crippen LogP contribution in [-0.2, 0) is 4.79 Å². The number of carbonyl (C=O) groups is 2. The van der Waals surface area contributed by atoms with E-state index in [2.05, 4.69) is 19.2 Å². The molecule has 1 fully saturated rings. The van der Waals surface area contributed by atoms with Crippen LogP contribution in [0.5, 0.6) is 0 Å². The summed E-state index contributed by atoms with van der Waals surface area (Å²) in [7, 11) is 0. The fourth-order valence-corrected chi connectivity index (χ4v) is 2.88. The molecule has 2 amide bonds. The molecular formula is C16H30N2O3. The minimum absolute atomic E-state index is 0.128. The van der Waals surface area contributed by atoms with Gasteiger partial charge in [0.1, 0.15) is 0 Å². The first kappa shape index (κ1) is 17.8. The molecule has 0 spiro atoms. The van der Waals surface area contributed by atoms with Gasteiger partial charge in [-0.25, -0.2) is 4.79 Å². The summed E-state index contributed by atoms with van der Waals surface area (Å²) in [6.07, 6.45) is 4.89. The molecule has 0 aliphatic carbocycles. The van der Waals surface area contributed by atoms with Crippen molar-refractivity contribution >= 4 is 12.0 Å². The van der Waals surface area contributed by atoms with Gasteiger partial charge in [0.15, 0.2) is 0 Å². The van der Waals surface area contributed by atoms with Crippen LogP contribution in [-0.4, -0.2) is 41.6 Å². The number of carboxylic acid groups (broad SMARTS) is 1. The van der Waals surface area contributed by atoms with E-state index in [0.29, 0.717) is 11.8 Å². The van der Waals surface area contributed by atoms with Crippen LogP contribution in [0.4, 0.5) is 4.79 Å². The second kappa shape index (κ2) is 7.14. The molecule has 1 aliphatic rings. The van der Waals surface area contributed by atoms with E-state index in [4.69, 9.17) is 0 Å². The quantitative estimate of drug-likeness (QED) is 0.791. The minimum Gasteiger partial charge on any atom is -0.481 e. The smallest absolute Gasteiger partial charge is 0.317 e. The Bertz CT molecular complexity index is 370. The van der Waals surface area contributed by atoms with Crippen molar-refractivity contribution in [3.8, 4) is 0 Å². The first-order valence-corrected chi connectivity index (χ1v) is 8.08. The van der Waals surface area contributed by atoms with Crippen LogP contribution in [0, 0.1) is 10.8 Å². The molecule has 1 saturated heterocycles. The van der Waals surface area contributed by atoms with Crippen LogP contribution in [0.25, 0.3) is 0 Å². The third-order valence-corrected chi connectivity index (χ3v) is 5.54. The van der Waals surface area contributed by atoms with Gasteiger partial charge in [0.25, 0.3) is 0 Å². The van der Waals surface area contributed by atoms with E-state index in [9.17, 15) is 14.7 Å². The maximum Gasteiger partial charge on any atom is 0.317 e. The second-order valence-corrected chi connectivity index (χ2v) is 6.57. The number of carbonyl (C=O) groups excluding carboxylic acids is 1. The number of carboxylic acids is 1. The van der Waals surface area contributed by atoms with Gasteiger partial charge in [-0.1, -0.05) is 33.6 Å². The number of rotatable bonds is 6. The highest BCUT2D eigenvalue weighted by Crippen LogP contribution is 2.37. The number of piperidine rings is 1. The Kier molecular flexibility index (Phi) is 6.05. The lowest BCUT2D eigenvalue weighted by molar-refractivity contribution is -0.147. The Balaban J connectivity index is 2.50. The molecule has 0 aromatic carbocycles. The summed E-state index contributed by atoms with van der Waals surface area (Å²) in [5.41, 5.74) is -0.502. The number of amides is 2. The number of nitrogens with one attached hydrogen (secondary N) is 1. The van der Waals surface area contributed by atoms with Crippen molar-refractivity contribution < 1.29 is 14.7 Å². The van der Waals surface area contributed by atoms with Crippen LogP contribution in [0.15, 0.2) is 0 Å². The maximum absolute atomic E-state index is 12.2. The monoisotopic (exact) mass is 298 g/mol. The molecular weight excluding hydrogens is 268 g/mol. The zero-order valence-electron chi connectivity index (χ0n) is 13.9. The van der Waals surface area contributed by atoms with Gasteiger partial charge in [-0.3, -0.25) is 4.79 Å². The molecule has 0 aromatic heterocycles. The summed E-state index contributed by atoms with van der Waals surface area (Å²) < 4.78 is 0. The van der Waals surface area contributed by atoms with Crippen molar-refractivity contribution in [1.82, 2.24) is 10.2 Å². The van der Waals surface area contributed by atoms with E-state index in [1.165, 1.54) is 0 Å². The Hall–Kier alpha value is -1.26. The number of nitrogens with zero attached hydrogens (tertiary/aromatic N) is 1. The molecule has 2 N–H and O–H groups in total. The minimum atomic E-state index is -0.887. The zero-order chi connectivity index (χ0) is 16.1. The SMILES string of the molecule is CCC1(CC)CCN(C(=O)NCC(C)(CC)C(=O)O)CC1. The summed E-state index contributed by atoms with van der Waals surface area (Å²) in [5.74, 6) is -0.861. The molecule has 0 bridgehead atoms. The van der Waals surface area contributed by atoms with E-state index in [0.717, 1.165) is 38.8 Å². The zero-order valence-corrected chi connectivity index (χ0v) is 13.9. The summed E-state index contributed by atoms with van der Waals surface area (Å²) in [4.78, 5) is 25.3. The van der Waals surface area contributed by atoms with Crippen molar-refractivity contribution in [1.29, 1.82) is 0 Å². The van der Waals surface area contributed by atoms with Crippen LogP contribution >= 0.6 is 0 Å². The normalized spacial score (nSPS) is 20.7. The fourth-order valence-electron chi connectivity index (χ4n) is 2.88. The Morgan fingerprint density at radius 2 is 1.71 bits per heavy atom. The molecule has 21 heavy (non-hydrogen) atoms. The highest BCUT2D eigenvalue weighted by Gasteiger charge is 2.35. The average molecular weight is 298 g/mol. The standard InChI is InChI=1S/C16H30N2O3/c1-5-15(4,13(19)20)12-17-14(21)18-10-8-16(6-2,7-3)9-11-18/h5-12H2,1-4H3,(H,17,21)(H,19,20). The van der Waals surface area contributed by atoms with Crippen molar-refractivity contribution in [3.05, 3.63) is 0 Å². The molecule has 5 heteroatoms. The molecule has 0 saturated carbocycles. The van der Waals surface area contributed by atoms with Gasteiger partial charge in [0, 0.05) is 19.6 Å². The fraction of sp³-hybridized carbons (Fsp3) is 0.875. The predicted molar refractivity (Wildman–Crippen MR) is 83.3 cm³/mol. The highest BCUT2D eigenvalue weighted by atomic mass is 16.4. The first-order valence-electron chi connectivity index (χ1n) is 8.08. The molecule has 1 heterocycles. The van der Waals surface area contributed by atoms with Crippen molar-refractivity contribution in [2.24, 2.45) is 10.8 Å². The molecule has 1 rings (SSSR count). The molecule has 1 aliphatic heterocycles. The van der Waals surface area contributed by atoms with E-state index < -0.39 is 11.4 Å². The van der Waals surface area contributed by atoms with Crippen LogP contribution in [0.3, 0.4) is 0 Å². The van der Waals surface area contributed by atoms with Gasteiger partial charge in [0.2, 0.25) is 0 Å². The number of likely N-dealkylation sites (tertiary alicyclic amines) is 1. The molecule has 0 aromatic rings. The molecule has 1 atom stereocenters. The number of hydrogen-bond donors (Lipinski definition) is 2. The number of urea groups is 1. The van der Waals surface area contributed by atoms with Gasteiger partial charge < -0.3 is 15.3 Å². The summed E-state index contributed by atoms with van der Waals surface area (Å²) >= 11 is 0. The lowest BCUT2D eigenvalue weighted by Crippen LogP contribution is -2.50. The van der Waals surface area contributed by atoms with Gasteiger partial charge >= 0.3 is 12.0 Å². The highest BCUT2D eigenvalue weighted by molar-refractivity contribution is 5.78. The largest absolute Gasteiger partial charge is 0.481 e. The summed E-state index contributed by atoms with van der Waals surface area (Å²) in [6, 6.07) is -0.128. The topological polar surface area (TPSA) is 69.6 Å². The average Bonchev–Trinajstić information content (AvgIpc) is 2.52. The molecule has 5 nitrogen and oxygen atoms in total. The number of hydrogen-bond acceptors (Lipinski definition) is 2. The van der Waals surface area contributed by atoms with E-state index in [1.807, 2.05) is 11.8 Å². The van der Waals surface area contributed by atoms with Gasteiger partial charge in [-0.15, -0.1) is 0 Å². The van der Waals surface area contributed by atoms with Crippen LogP contribution in [0.1, 0.15) is 59.8 Å². The Morgan fingerprint density at radius 1 is 1.19 bits per heavy atom. The lowest BCUT2D eigenvalue weighted by atomic mass is 9.74. The molecule has 0 radical (unpaired) electrons. The van der Waals surface area contributed by atoms with Crippen molar-refractivity contribution in [3.63, 3.8) is 0 Å². The molecule has 1 unspecified atom stereocenters. The number of aliphatic carboxylic acids is 1. The van der Waals surface area contributed by atoms with E-state index in [1.54, 1.807) is 6.92 Å². The summed E-state index contributed by atoms with van der Waals surface area (Å²) in [5, 5.41) is 12.0. The van der Waals surface area contributed by atoms with Gasteiger partial charge in [0.05, 0.1) is 5.41 Å².